The number of thiophene rings is 1. The van der Waals surface area contributed by atoms with Crippen LogP contribution in [-0.4, -0.2) is 16.8 Å². The minimum Gasteiger partial charge on any atom is -0.594 e. The van der Waals surface area contributed by atoms with E-state index < -0.39 is 5.82 Å². The van der Waals surface area contributed by atoms with Gasteiger partial charge in [0.15, 0.2) is 5.75 Å². The molecule has 0 amide bonds. The molecule has 154 valence electrons. The molecule has 1 N–H and O–H groups in total. The Labute approximate surface area is 177 Å². The summed E-state index contributed by atoms with van der Waals surface area (Å²) in [5.74, 6) is -0.0157. The van der Waals surface area contributed by atoms with E-state index in [9.17, 15) is 14.7 Å². The standard InChI is InChI=1S/C23H21FN2O3S/c1-5-29-18-11-15(24)7-9-16(18)23-21(17-8-6-12(2)10-19(17)30-23)20-14(4)26(28)25-13(3)22(20)27/h6-11,27H,5H2,1-4H3. The maximum Gasteiger partial charge on any atom is 0.230 e. The lowest BCUT2D eigenvalue weighted by atomic mass is 9.96. The molecule has 0 fully saturated rings. The maximum atomic E-state index is 13.9. The lowest BCUT2D eigenvalue weighted by molar-refractivity contribution is -0.675. The van der Waals surface area contributed by atoms with Crippen LogP contribution in [0.4, 0.5) is 4.39 Å². The summed E-state index contributed by atoms with van der Waals surface area (Å²) >= 11 is 1.52. The summed E-state index contributed by atoms with van der Waals surface area (Å²) in [5, 5.41) is 28.0. The van der Waals surface area contributed by atoms with Crippen LogP contribution in [0.25, 0.3) is 31.7 Å². The summed E-state index contributed by atoms with van der Waals surface area (Å²) in [4.78, 5) is 1.32. The predicted molar refractivity (Wildman–Crippen MR) is 116 cm³/mol. The minimum atomic E-state index is -0.392. The monoisotopic (exact) mass is 424 g/mol. The van der Waals surface area contributed by atoms with Crippen LogP contribution >= 0.6 is 11.3 Å². The zero-order valence-electron chi connectivity index (χ0n) is 17.1. The van der Waals surface area contributed by atoms with Gasteiger partial charge in [-0.1, -0.05) is 17.0 Å². The molecule has 4 aromatic rings. The molecule has 7 heteroatoms. The fraction of sp³-hybridized carbons (Fsp3) is 0.217. The number of nitrogens with zero attached hydrogens (tertiary/aromatic N) is 2. The van der Waals surface area contributed by atoms with E-state index in [1.54, 1.807) is 19.9 Å². The van der Waals surface area contributed by atoms with Gasteiger partial charge in [-0.05, 0) is 44.5 Å². The third kappa shape index (κ3) is 3.25. The fourth-order valence-electron chi connectivity index (χ4n) is 3.61. The minimum absolute atomic E-state index is 0.0406. The first kappa shape index (κ1) is 20.1. The van der Waals surface area contributed by atoms with Crippen molar-refractivity contribution in [2.75, 3.05) is 6.61 Å². The van der Waals surface area contributed by atoms with Crippen molar-refractivity contribution in [3.8, 4) is 33.1 Å². The van der Waals surface area contributed by atoms with Crippen LogP contribution in [0.1, 0.15) is 23.9 Å². The lowest BCUT2D eigenvalue weighted by Crippen LogP contribution is -2.36. The van der Waals surface area contributed by atoms with Gasteiger partial charge in [-0.25, -0.2) is 4.39 Å². The number of hydrogen-bond acceptors (Lipinski definition) is 5. The Kier molecular flexibility index (Phi) is 5.07. The Morgan fingerprint density at radius 1 is 1.13 bits per heavy atom. The van der Waals surface area contributed by atoms with E-state index >= 15 is 0 Å². The Hall–Kier alpha value is -3.19. The van der Waals surface area contributed by atoms with Gasteiger partial charge in [0.05, 0.1) is 12.2 Å². The first-order valence-corrected chi connectivity index (χ1v) is 10.4. The van der Waals surface area contributed by atoms with Crippen LogP contribution in [0.2, 0.25) is 0 Å². The second-order valence-corrected chi connectivity index (χ2v) is 8.20. The predicted octanol–water partition coefficient (Wildman–Crippen LogP) is 5.43. The van der Waals surface area contributed by atoms with Gasteiger partial charge in [-0.15, -0.1) is 11.3 Å². The summed E-state index contributed by atoms with van der Waals surface area (Å²) in [7, 11) is 0. The number of aromatic nitrogens is 2. The van der Waals surface area contributed by atoms with E-state index in [0.717, 1.165) is 20.5 Å². The van der Waals surface area contributed by atoms with Gasteiger partial charge in [0.1, 0.15) is 17.3 Å². The van der Waals surface area contributed by atoms with Gasteiger partial charge in [0.25, 0.3) is 0 Å². The van der Waals surface area contributed by atoms with E-state index in [4.69, 9.17) is 4.74 Å². The van der Waals surface area contributed by atoms with Crippen molar-refractivity contribution in [2.24, 2.45) is 0 Å². The molecule has 0 atom stereocenters. The first-order chi connectivity index (χ1) is 14.3. The van der Waals surface area contributed by atoms with Crippen molar-refractivity contribution in [3.63, 3.8) is 0 Å². The van der Waals surface area contributed by atoms with Crippen molar-refractivity contribution in [1.29, 1.82) is 0 Å². The fourth-order valence-corrected chi connectivity index (χ4v) is 4.94. The number of hydrogen-bond donors (Lipinski definition) is 1. The van der Waals surface area contributed by atoms with Gasteiger partial charge in [-0.2, -0.15) is 0 Å². The Bertz CT molecular complexity index is 1260. The van der Waals surface area contributed by atoms with Gasteiger partial charge in [0.2, 0.25) is 5.69 Å². The van der Waals surface area contributed by atoms with Crippen LogP contribution in [0.5, 0.6) is 11.5 Å². The molecule has 0 spiro atoms. The van der Waals surface area contributed by atoms with Crippen LogP contribution in [0.3, 0.4) is 0 Å². The number of benzene rings is 2. The normalized spacial score (nSPS) is 11.2. The molecule has 5 nitrogen and oxygen atoms in total. The average molecular weight is 424 g/mol. The molecule has 30 heavy (non-hydrogen) atoms. The summed E-state index contributed by atoms with van der Waals surface area (Å²) in [6.07, 6.45) is 0. The molecule has 0 saturated carbocycles. The molecule has 2 aromatic heterocycles. The number of aromatic hydroxyl groups is 1. The second kappa shape index (κ2) is 7.57. The van der Waals surface area contributed by atoms with E-state index in [1.165, 1.54) is 23.5 Å². The third-order valence-corrected chi connectivity index (χ3v) is 6.24. The molecule has 4 rings (SSSR count). The quantitative estimate of drug-likeness (QED) is 0.350. The molecule has 0 bridgehead atoms. The zero-order chi connectivity index (χ0) is 21.6. The number of ether oxygens (including phenoxy) is 1. The van der Waals surface area contributed by atoms with Crippen LogP contribution < -0.4 is 9.58 Å². The van der Waals surface area contributed by atoms with Crippen molar-refractivity contribution >= 4 is 21.4 Å². The van der Waals surface area contributed by atoms with Crippen LogP contribution in [0.15, 0.2) is 36.4 Å². The van der Waals surface area contributed by atoms with E-state index in [-0.39, 0.29) is 11.4 Å². The highest BCUT2D eigenvalue weighted by molar-refractivity contribution is 7.23. The van der Waals surface area contributed by atoms with Crippen molar-refractivity contribution in [3.05, 3.63) is 64.4 Å². The number of fused-ring (bicyclic) bond motifs is 1. The highest BCUT2D eigenvalue weighted by atomic mass is 32.1. The van der Waals surface area contributed by atoms with Gasteiger partial charge >= 0.3 is 0 Å². The summed E-state index contributed by atoms with van der Waals surface area (Å²) in [6, 6.07) is 10.4. The molecule has 2 heterocycles. The topological polar surface area (TPSA) is 69.3 Å². The Morgan fingerprint density at radius 3 is 2.63 bits per heavy atom. The smallest absolute Gasteiger partial charge is 0.230 e. The molecule has 0 aliphatic heterocycles. The molecule has 0 unspecified atom stereocenters. The van der Waals surface area contributed by atoms with Crippen LogP contribution in [-0.2, 0) is 0 Å². The Balaban J connectivity index is 2.15. The van der Waals surface area contributed by atoms with E-state index in [2.05, 4.69) is 11.2 Å². The van der Waals surface area contributed by atoms with Gasteiger partial charge < -0.3 is 15.1 Å². The van der Waals surface area contributed by atoms with Crippen LogP contribution in [0, 0.1) is 31.8 Å². The molecule has 0 aliphatic carbocycles. The molecule has 0 radical (unpaired) electrons. The van der Waals surface area contributed by atoms with Crippen molar-refractivity contribution in [2.45, 2.75) is 27.7 Å². The summed E-state index contributed by atoms with van der Waals surface area (Å²) < 4.78 is 20.6. The zero-order valence-corrected chi connectivity index (χ0v) is 17.9. The molecular weight excluding hydrogens is 403 g/mol. The molecule has 0 aliphatic rings. The number of halogens is 1. The second-order valence-electron chi connectivity index (χ2n) is 7.15. The number of rotatable bonds is 4. The highest BCUT2D eigenvalue weighted by Gasteiger charge is 2.27. The first-order valence-electron chi connectivity index (χ1n) is 9.58. The lowest BCUT2D eigenvalue weighted by Gasteiger charge is -2.14. The average Bonchev–Trinajstić information content (AvgIpc) is 3.05. The Morgan fingerprint density at radius 2 is 1.90 bits per heavy atom. The van der Waals surface area contributed by atoms with Crippen molar-refractivity contribution in [1.82, 2.24) is 5.10 Å². The van der Waals surface area contributed by atoms with E-state index in [0.29, 0.717) is 39.6 Å². The van der Waals surface area contributed by atoms with E-state index in [1.807, 2.05) is 26.0 Å². The largest absolute Gasteiger partial charge is 0.594 e. The third-order valence-electron chi connectivity index (χ3n) is 5.05. The molecule has 2 aromatic carbocycles. The van der Waals surface area contributed by atoms with Crippen molar-refractivity contribution < 1.29 is 19.1 Å². The molecule has 0 saturated heterocycles. The maximum absolute atomic E-state index is 13.9. The number of aryl methyl sites for hydroxylation is 2. The SMILES string of the molecule is CCOc1cc(F)ccc1-c1sc2cc(C)ccc2c1-c1c(O)c(C)n[n+]([O-])c1C. The highest BCUT2D eigenvalue weighted by Crippen LogP contribution is 2.50. The van der Waals surface area contributed by atoms with Gasteiger partial charge in [-0.3, -0.25) is 0 Å². The summed E-state index contributed by atoms with van der Waals surface area (Å²) in [6.45, 7) is 7.45. The van der Waals surface area contributed by atoms with Gasteiger partial charge in [0, 0.05) is 44.2 Å². The summed E-state index contributed by atoms with van der Waals surface area (Å²) in [5.41, 5.74) is 3.48. The molecular formula is C23H21FN2O3S.